The summed E-state index contributed by atoms with van der Waals surface area (Å²) < 4.78 is 0. The normalized spacial score (nSPS) is 50.7. The highest BCUT2D eigenvalue weighted by atomic mass is 35.5. The minimum absolute atomic E-state index is 0.294. The van der Waals surface area contributed by atoms with Crippen molar-refractivity contribution < 1.29 is 0 Å². The van der Waals surface area contributed by atoms with E-state index in [1.54, 1.807) is 0 Å². The van der Waals surface area contributed by atoms with Gasteiger partial charge in [-0.05, 0) is 55.9 Å². The van der Waals surface area contributed by atoms with Gasteiger partial charge in [-0.15, -0.1) is 23.2 Å². The lowest BCUT2D eigenvalue weighted by Gasteiger charge is -2.51. The van der Waals surface area contributed by atoms with E-state index in [9.17, 15) is 0 Å². The summed E-state index contributed by atoms with van der Waals surface area (Å²) in [6.45, 7) is 4.89. The maximum absolute atomic E-state index is 6.67. The van der Waals surface area contributed by atoms with E-state index in [2.05, 4.69) is 18.9 Å². The topological polar surface area (TPSA) is 3.24 Å². The molecule has 1 aliphatic heterocycles. The lowest BCUT2D eigenvalue weighted by molar-refractivity contribution is 0.00506. The first-order valence-electron chi connectivity index (χ1n) is 8.51. The summed E-state index contributed by atoms with van der Waals surface area (Å²) in [6, 6.07) is 0. The third kappa shape index (κ3) is 3.15. The summed E-state index contributed by atoms with van der Waals surface area (Å²) in [5.74, 6) is 4.12. The van der Waals surface area contributed by atoms with Gasteiger partial charge in [-0.2, -0.15) is 0 Å². The molecule has 1 nitrogen and oxygen atoms in total. The van der Waals surface area contributed by atoms with Gasteiger partial charge in [-0.3, -0.25) is 0 Å². The van der Waals surface area contributed by atoms with Crippen LogP contribution in [0.2, 0.25) is 0 Å². The fourth-order valence-corrected chi connectivity index (χ4v) is 6.26. The van der Waals surface area contributed by atoms with E-state index in [0.717, 1.165) is 30.1 Å². The predicted molar refractivity (Wildman–Crippen MR) is 87.6 cm³/mol. The number of piperidine rings is 1. The van der Waals surface area contributed by atoms with Crippen LogP contribution in [0.5, 0.6) is 0 Å². The molecule has 1 saturated heterocycles. The van der Waals surface area contributed by atoms with Crippen molar-refractivity contribution >= 4 is 23.2 Å². The van der Waals surface area contributed by atoms with Crippen LogP contribution in [0.15, 0.2) is 0 Å². The van der Waals surface area contributed by atoms with E-state index in [4.69, 9.17) is 23.2 Å². The first-order chi connectivity index (χ1) is 9.54. The number of likely N-dealkylation sites (tertiary alicyclic amines) is 1. The maximum atomic E-state index is 6.67. The van der Waals surface area contributed by atoms with Crippen molar-refractivity contribution in [3.05, 3.63) is 0 Å². The van der Waals surface area contributed by atoms with Gasteiger partial charge >= 0.3 is 0 Å². The van der Waals surface area contributed by atoms with Gasteiger partial charge < -0.3 is 4.90 Å². The van der Waals surface area contributed by atoms with Gasteiger partial charge in [0.05, 0.1) is 0 Å². The van der Waals surface area contributed by atoms with E-state index >= 15 is 0 Å². The molecule has 3 rings (SSSR count). The molecule has 2 saturated carbocycles. The molecule has 0 aromatic rings. The van der Waals surface area contributed by atoms with Crippen molar-refractivity contribution in [3.8, 4) is 0 Å². The molecule has 0 spiro atoms. The quantitative estimate of drug-likeness (QED) is 0.638. The molecule has 0 amide bonds. The van der Waals surface area contributed by atoms with Crippen LogP contribution in [0.1, 0.15) is 45.4 Å². The summed E-state index contributed by atoms with van der Waals surface area (Å²) >= 11 is 13.2. The van der Waals surface area contributed by atoms with Crippen LogP contribution in [0, 0.1) is 29.6 Å². The van der Waals surface area contributed by atoms with Gasteiger partial charge in [0.1, 0.15) is 0 Å². The summed E-state index contributed by atoms with van der Waals surface area (Å²) in [5.41, 5.74) is 0. The van der Waals surface area contributed by atoms with Crippen molar-refractivity contribution in [2.45, 2.75) is 56.2 Å². The average Bonchev–Trinajstić information content (AvgIpc) is 2.39. The largest absolute Gasteiger partial charge is 0.306 e. The van der Waals surface area contributed by atoms with E-state index < -0.39 is 0 Å². The number of hydrogen-bond acceptors (Lipinski definition) is 1. The second-order valence-electron chi connectivity index (χ2n) is 7.83. The van der Waals surface area contributed by atoms with Crippen molar-refractivity contribution in [2.24, 2.45) is 29.6 Å². The van der Waals surface area contributed by atoms with Crippen molar-refractivity contribution in [1.29, 1.82) is 0 Å². The minimum atomic E-state index is 0.294. The van der Waals surface area contributed by atoms with E-state index in [1.807, 2.05) is 0 Å². The number of hydrogen-bond donors (Lipinski definition) is 0. The number of fused-ring (bicyclic) bond motifs is 1. The molecule has 0 N–H and O–H groups in total. The molecule has 1 heterocycles. The molecule has 7 atom stereocenters. The highest BCUT2D eigenvalue weighted by molar-refractivity contribution is 6.24. The Hall–Kier alpha value is 0.540. The molecule has 116 valence electrons. The van der Waals surface area contributed by atoms with Crippen LogP contribution in [0.3, 0.4) is 0 Å². The standard InChI is InChI=1S/C17H29Cl2N/c1-11-4-3-5-12(6-11)15-9-20(2)10-16-14(15)7-13(18)8-17(16)19/h11-17H,3-10H2,1-2H3. The van der Waals surface area contributed by atoms with Gasteiger partial charge in [0.2, 0.25) is 0 Å². The summed E-state index contributed by atoms with van der Waals surface area (Å²) in [5, 5.41) is 0.605. The zero-order chi connectivity index (χ0) is 14.3. The van der Waals surface area contributed by atoms with E-state index in [1.165, 1.54) is 45.2 Å². The molecule has 3 fully saturated rings. The van der Waals surface area contributed by atoms with E-state index in [0.29, 0.717) is 16.7 Å². The number of nitrogens with zero attached hydrogens (tertiary/aromatic N) is 1. The summed E-state index contributed by atoms with van der Waals surface area (Å²) in [4.78, 5) is 2.54. The molecule has 20 heavy (non-hydrogen) atoms. The molecule has 7 unspecified atom stereocenters. The Balaban J connectivity index is 1.77. The molecular formula is C17H29Cl2N. The fraction of sp³-hybridized carbons (Fsp3) is 1.00. The van der Waals surface area contributed by atoms with Gasteiger partial charge in [0.25, 0.3) is 0 Å². The minimum Gasteiger partial charge on any atom is -0.306 e. The van der Waals surface area contributed by atoms with Crippen LogP contribution in [-0.2, 0) is 0 Å². The Morgan fingerprint density at radius 2 is 1.65 bits per heavy atom. The number of halogens is 2. The molecule has 3 aliphatic rings. The van der Waals surface area contributed by atoms with Gasteiger partial charge in [-0.25, -0.2) is 0 Å². The Morgan fingerprint density at radius 3 is 2.40 bits per heavy atom. The van der Waals surface area contributed by atoms with Crippen molar-refractivity contribution in [3.63, 3.8) is 0 Å². The molecule has 0 aromatic carbocycles. The van der Waals surface area contributed by atoms with Crippen LogP contribution in [-0.4, -0.2) is 35.8 Å². The smallest absolute Gasteiger partial charge is 0.0393 e. The summed E-state index contributed by atoms with van der Waals surface area (Å²) in [7, 11) is 2.28. The van der Waals surface area contributed by atoms with Gasteiger partial charge in [-0.1, -0.05) is 26.2 Å². The third-order valence-corrected chi connectivity index (χ3v) is 7.06. The lowest BCUT2D eigenvalue weighted by atomic mass is 9.62. The molecule has 3 heteroatoms. The van der Waals surface area contributed by atoms with Gasteiger partial charge in [0.15, 0.2) is 0 Å². The Labute approximate surface area is 134 Å². The monoisotopic (exact) mass is 317 g/mol. The first-order valence-corrected chi connectivity index (χ1v) is 9.38. The van der Waals surface area contributed by atoms with Crippen LogP contribution in [0.25, 0.3) is 0 Å². The van der Waals surface area contributed by atoms with Crippen LogP contribution in [0.4, 0.5) is 0 Å². The van der Waals surface area contributed by atoms with Crippen molar-refractivity contribution in [2.75, 3.05) is 20.1 Å². The lowest BCUT2D eigenvalue weighted by Crippen LogP contribution is -2.53. The fourth-order valence-electron chi connectivity index (χ4n) is 5.29. The zero-order valence-corrected chi connectivity index (χ0v) is 14.4. The SMILES string of the molecule is CC1CCCC(C2CN(C)CC3C(Cl)CC(Cl)CC32)C1. The molecule has 0 bridgehead atoms. The molecular weight excluding hydrogens is 289 g/mol. The predicted octanol–water partition coefficient (Wildman–Crippen LogP) is 4.62. The Kier molecular flexibility index (Phi) is 4.90. The highest BCUT2D eigenvalue weighted by Gasteiger charge is 2.46. The molecule has 0 aromatic heterocycles. The van der Waals surface area contributed by atoms with Crippen molar-refractivity contribution in [1.82, 2.24) is 4.90 Å². The maximum Gasteiger partial charge on any atom is 0.0393 e. The third-order valence-electron chi connectivity index (χ3n) is 6.20. The first kappa shape index (κ1) is 15.4. The number of alkyl halides is 2. The second-order valence-corrected chi connectivity index (χ2v) is 9.01. The Morgan fingerprint density at radius 1 is 0.900 bits per heavy atom. The number of rotatable bonds is 1. The molecule has 0 radical (unpaired) electrons. The van der Waals surface area contributed by atoms with Gasteiger partial charge in [0, 0.05) is 23.8 Å². The average molecular weight is 318 g/mol. The summed E-state index contributed by atoms with van der Waals surface area (Å²) in [6.07, 6.45) is 7.94. The van der Waals surface area contributed by atoms with Crippen LogP contribution < -0.4 is 0 Å². The highest BCUT2D eigenvalue weighted by Crippen LogP contribution is 2.48. The second kappa shape index (κ2) is 6.34. The van der Waals surface area contributed by atoms with E-state index in [-0.39, 0.29) is 0 Å². The Bertz CT molecular complexity index is 335. The zero-order valence-electron chi connectivity index (χ0n) is 12.9. The molecule has 2 aliphatic carbocycles. The van der Waals surface area contributed by atoms with Crippen LogP contribution >= 0.6 is 23.2 Å².